The van der Waals surface area contributed by atoms with Crippen LogP contribution in [0.4, 0.5) is 0 Å². The van der Waals surface area contributed by atoms with Crippen molar-refractivity contribution >= 4 is 22.9 Å². The number of aryl methyl sites for hydroxylation is 1. The summed E-state index contributed by atoms with van der Waals surface area (Å²) in [4.78, 5) is 4.51. The van der Waals surface area contributed by atoms with Crippen LogP contribution in [-0.4, -0.2) is 10.9 Å². The molecule has 1 aliphatic carbocycles. The van der Waals surface area contributed by atoms with E-state index in [2.05, 4.69) is 24.2 Å². The van der Waals surface area contributed by atoms with E-state index in [9.17, 15) is 0 Å². The van der Waals surface area contributed by atoms with Gasteiger partial charge in [-0.3, -0.25) is 0 Å². The zero-order chi connectivity index (χ0) is 10.2. The van der Waals surface area contributed by atoms with Crippen molar-refractivity contribution in [2.24, 2.45) is 11.3 Å². The summed E-state index contributed by atoms with van der Waals surface area (Å²) in [6, 6.07) is 0. The fraction of sp³-hybridized carbons (Fsp3) is 0.727. The highest BCUT2D eigenvalue weighted by molar-refractivity contribution is 7.09. The summed E-state index contributed by atoms with van der Waals surface area (Å²) >= 11 is 7.83. The van der Waals surface area contributed by atoms with Crippen molar-refractivity contribution in [1.29, 1.82) is 0 Å². The molecule has 0 atom stereocenters. The van der Waals surface area contributed by atoms with Gasteiger partial charge >= 0.3 is 0 Å². The Hall–Kier alpha value is -0.0800. The van der Waals surface area contributed by atoms with E-state index in [0.29, 0.717) is 5.41 Å². The first-order valence-electron chi connectivity index (χ1n) is 5.10. The van der Waals surface area contributed by atoms with Gasteiger partial charge in [0.25, 0.3) is 0 Å². The molecule has 1 aliphatic rings. The van der Waals surface area contributed by atoms with Gasteiger partial charge in [-0.05, 0) is 31.1 Å². The first kappa shape index (κ1) is 10.4. The van der Waals surface area contributed by atoms with Crippen LogP contribution in [-0.2, 0) is 6.42 Å². The van der Waals surface area contributed by atoms with Crippen LogP contribution in [0.1, 0.15) is 30.5 Å². The summed E-state index contributed by atoms with van der Waals surface area (Å²) in [6.07, 6.45) is 3.63. The lowest BCUT2D eigenvalue weighted by molar-refractivity contribution is 0.0924. The number of nitrogens with zero attached hydrogens (tertiary/aromatic N) is 1. The van der Waals surface area contributed by atoms with Gasteiger partial charge in [0.1, 0.15) is 0 Å². The third kappa shape index (κ3) is 1.96. The minimum absolute atomic E-state index is 0.366. The van der Waals surface area contributed by atoms with E-state index in [-0.39, 0.29) is 0 Å². The lowest BCUT2D eigenvalue weighted by Gasteiger charge is -2.45. The molecule has 14 heavy (non-hydrogen) atoms. The predicted octanol–water partition coefficient (Wildman–Crippen LogP) is 3.65. The second-order valence-corrected chi connectivity index (χ2v) is 5.92. The molecule has 1 fully saturated rings. The Morgan fingerprint density at radius 1 is 1.64 bits per heavy atom. The number of hydrogen-bond acceptors (Lipinski definition) is 2. The zero-order valence-corrected chi connectivity index (χ0v) is 10.3. The lowest BCUT2D eigenvalue weighted by Crippen LogP contribution is -2.39. The molecule has 1 saturated carbocycles. The fourth-order valence-electron chi connectivity index (χ4n) is 2.52. The highest BCUT2D eigenvalue weighted by Crippen LogP contribution is 2.48. The largest absolute Gasteiger partial charge is 0.247 e. The number of aromatic nitrogens is 1. The van der Waals surface area contributed by atoms with E-state index < -0.39 is 0 Å². The molecule has 1 aromatic rings. The Labute approximate surface area is 94.5 Å². The summed E-state index contributed by atoms with van der Waals surface area (Å²) in [7, 11) is 0. The Kier molecular flexibility index (Phi) is 2.85. The number of thiazole rings is 1. The van der Waals surface area contributed by atoms with Crippen LogP contribution in [0.5, 0.6) is 0 Å². The lowest BCUT2D eigenvalue weighted by atomic mass is 9.62. The second kappa shape index (κ2) is 3.82. The molecule has 0 aliphatic heterocycles. The standard InChI is InChI=1S/C11H16ClNS/c1-8-3-11(4-8,7-12)5-10-13-9(2)6-14-10/h6,8H,3-5,7H2,1-2H3. The van der Waals surface area contributed by atoms with Gasteiger partial charge in [-0.2, -0.15) is 0 Å². The van der Waals surface area contributed by atoms with Gasteiger partial charge in [0.05, 0.1) is 5.01 Å². The van der Waals surface area contributed by atoms with Gasteiger partial charge in [0.2, 0.25) is 0 Å². The van der Waals surface area contributed by atoms with E-state index in [4.69, 9.17) is 11.6 Å². The maximum atomic E-state index is 6.06. The van der Waals surface area contributed by atoms with Crippen LogP contribution in [0.15, 0.2) is 5.38 Å². The smallest absolute Gasteiger partial charge is 0.0934 e. The SMILES string of the molecule is Cc1csc(CC2(CCl)CC(C)C2)n1. The maximum Gasteiger partial charge on any atom is 0.0934 e. The number of alkyl halides is 1. The number of hydrogen-bond donors (Lipinski definition) is 0. The molecule has 0 spiro atoms. The van der Waals surface area contributed by atoms with Gasteiger partial charge in [-0.15, -0.1) is 22.9 Å². The summed E-state index contributed by atoms with van der Waals surface area (Å²) in [5.74, 6) is 1.64. The van der Waals surface area contributed by atoms with E-state index in [0.717, 1.165) is 23.9 Å². The minimum Gasteiger partial charge on any atom is -0.247 e. The maximum absolute atomic E-state index is 6.06. The normalized spacial score (nSPS) is 31.5. The predicted molar refractivity (Wildman–Crippen MR) is 62.1 cm³/mol. The summed E-state index contributed by atoms with van der Waals surface area (Å²) in [5.41, 5.74) is 1.51. The van der Waals surface area contributed by atoms with Crippen molar-refractivity contribution in [3.05, 3.63) is 16.1 Å². The molecule has 0 amide bonds. The fourth-order valence-corrected chi connectivity index (χ4v) is 3.78. The molecular weight excluding hydrogens is 214 g/mol. The number of halogens is 1. The Bertz CT molecular complexity index is 315. The van der Waals surface area contributed by atoms with E-state index >= 15 is 0 Å². The van der Waals surface area contributed by atoms with Crippen molar-refractivity contribution in [2.75, 3.05) is 5.88 Å². The molecule has 78 valence electrons. The highest BCUT2D eigenvalue weighted by Gasteiger charge is 2.41. The molecule has 0 radical (unpaired) electrons. The van der Waals surface area contributed by atoms with Crippen LogP contribution in [0.2, 0.25) is 0 Å². The molecule has 0 saturated heterocycles. The molecule has 0 aromatic carbocycles. The molecule has 0 N–H and O–H groups in total. The highest BCUT2D eigenvalue weighted by atomic mass is 35.5. The van der Waals surface area contributed by atoms with Crippen molar-refractivity contribution in [3.8, 4) is 0 Å². The van der Waals surface area contributed by atoms with Crippen molar-refractivity contribution in [3.63, 3.8) is 0 Å². The van der Waals surface area contributed by atoms with Crippen LogP contribution < -0.4 is 0 Å². The minimum atomic E-state index is 0.366. The Morgan fingerprint density at radius 2 is 2.36 bits per heavy atom. The van der Waals surface area contributed by atoms with E-state index in [1.807, 2.05) is 0 Å². The van der Waals surface area contributed by atoms with Crippen LogP contribution >= 0.6 is 22.9 Å². The molecule has 1 nitrogen and oxygen atoms in total. The van der Waals surface area contributed by atoms with Crippen LogP contribution in [0.3, 0.4) is 0 Å². The number of rotatable bonds is 3. The molecule has 0 bridgehead atoms. The van der Waals surface area contributed by atoms with E-state index in [1.54, 1.807) is 11.3 Å². The summed E-state index contributed by atoms with van der Waals surface area (Å²) in [6.45, 7) is 4.36. The second-order valence-electron chi connectivity index (χ2n) is 4.71. The van der Waals surface area contributed by atoms with Crippen LogP contribution in [0.25, 0.3) is 0 Å². The van der Waals surface area contributed by atoms with Gasteiger partial charge in [0, 0.05) is 23.4 Å². The molecule has 2 rings (SSSR count). The Balaban J connectivity index is 2.02. The van der Waals surface area contributed by atoms with Crippen LogP contribution in [0, 0.1) is 18.3 Å². The summed E-state index contributed by atoms with van der Waals surface area (Å²) in [5, 5.41) is 3.38. The van der Waals surface area contributed by atoms with E-state index in [1.165, 1.54) is 17.8 Å². The summed E-state index contributed by atoms with van der Waals surface area (Å²) < 4.78 is 0. The van der Waals surface area contributed by atoms with Crippen molar-refractivity contribution in [1.82, 2.24) is 4.98 Å². The average molecular weight is 230 g/mol. The molecule has 3 heteroatoms. The third-order valence-electron chi connectivity index (χ3n) is 3.04. The molecule has 1 aromatic heterocycles. The third-order valence-corrected chi connectivity index (χ3v) is 4.57. The molecule has 1 heterocycles. The van der Waals surface area contributed by atoms with Gasteiger partial charge < -0.3 is 0 Å². The van der Waals surface area contributed by atoms with Crippen molar-refractivity contribution in [2.45, 2.75) is 33.1 Å². The van der Waals surface area contributed by atoms with Gasteiger partial charge in [-0.25, -0.2) is 4.98 Å². The van der Waals surface area contributed by atoms with Crippen molar-refractivity contribution < 1.29 is 0 Å². The zero-order valence-electron chi connectivity index (χ0n) is 8.72. The van der Waals surface area contributed by atoms with Gasteiger partial charge in [0.15, 0.2) is 0 Å². The molecule has 0 unspecified atom stereocenters. The Morgan fingerprint density at radius 3 is 2.79 bits per heavy atom. The first-order valence-corrected chi connectivity index (χ1v) is 6.52. The topological polar surface area (TPSA) is 12.9 Å². The first-order chi connectivity index (χ1) is 6.63. The molecular formula is C11H16ClNS. The average Bonchev–Trinajstić information content (AvgIpc) is 2.48. The van der Waals surface area contributed by atoms with Gasteiger partial charge in [-0.1, -0.05) is 6.92 Å². The quantitative estimate of drug-likeness (QED) is 0.722. The monoisotopic (exact) mass is 229 g/mol.